The van der Waals surface area contributed by atoms with Crippen molar-refractivity contribution >= 4 is 12.1 Å². The highest BCUT2D eigenvalue weighted by atomic mass is 19.5. The zero-order valence-corrected chi connectivity index (χ0v) is 56.1. The highest BCUT2D eigenvalue weighted by molar-refractivity contribution is 5.72. The van der Waals surface area contributed by atoms with Gasteiger partial charge < -0.3 is 40.2 Å². The van der Waals surface area contributed by atoms with Gasteiger partial charge in [0.1, 0.15) is 0 Å². The van der Waals surface area contributed by atoms with Crippen LogP contribution in [0.2, 0.25) is 0 Å². The number of nitrogens with zero attached hydrogens (tertiary/aromatic N) is 2. The van der Waals surface area contributed by atoms with Crippen molar-refractivity contribution in [1.29, 1.82) is 0 Å². The van der Waals surface area contributed by atoms with Gasteiger partial charge in [0, 0.05) is 38.8 Å². The van der Waals surface area contributed by atoms with E-state index in [-0.39, 0.29) is 9.80 Å². The Labute approximate surface area is 622 Å². The standard InChI is InChI=1S/C50H42F60N4O6/c51-23(52,27(59,60)31(67,68)35(75,76)39(83,84)43(91,92)47(99,100)101)5-11-117-15-19(16-118-12-6-24(53,54)28(61,62)32(69,70)36(77,78)40(85,86)44(93,94)48(102,103)104)113(21(111)115)9-3-1-2-4-10-114(22(112)116)20(17-119-13-7-25(55,56)29(63,64)33(71,72)37(79,80)41(87,88)45(95,96)49(105,106)107)18-120-14-8-26(57,58)30(65,66)34(73,74)38(81,82)42(89,90)46(97,98)50(108,109)110/h19-20H,1-18H2,(H2,111,115)(H2,112,116). The number of ether oxygens (including phenoxy) is 4. The molecule has 0 unspecified atom stereocenters. The van der Waals surface area contributed by atoms with Gasteiger partial charge >= 0.3 is 179 Å². The molecule has 120 heavy (non-hydrogen) atoms. The summed E-state index contributed by atoms with van der Waals surface area (Å²) in [5, 5.41) is 0. The summed E-state index contributed by atoms with van der Waals surface area (Å²) in [6.45, 7) is -22.8. The molecule has 0 saturated carbocycles. The van der Waals surface area contributed by atoms with Crippen LogP contribution in [-0.2, 0) is 18.9 Å². The lowest BCUT2D eigenvalue weighted by atomic mass is 9.90. The van der Waals surface area contributed by atoms with E-state index in [1.54, 1.807) is 0 Å². The summed E-state index contributed by atoms with van der Waals surface area (Å²) in [7, 11) is 0. The number of hydrogen-bond acceptors (Lipinski definition) is 6. The fourth-order valence-corrected chi connectivity index (χ4v) is 8.62. The summed E-state index contributed by atoms with van der Waals surface area (Å²) >= 11 is 0. The third kappa shape index (κ3) is 19.4. The Morgan fingerprint density at radius 1 is 0.200 bits per heavy atom. The number of unbranched alkanes of at least 4 members (excludes halogenated alkanes) is 3. The zero-order chi connectivity index (χ0) is 97.0. The Kier molecular flexibility index (Phi) is 33.2. The van der Waals surface area contributed by atoms with Gasteiger partial charge in [0.15, 0.2) is 0 Å². The van der Waals surface area contributed by atoms with Gasteiger partial charge in [0.25, 0.3) is 0 Å². The number of halogens is 60. The van der Waals surface area contributed by atoms with Gasteiger partial charge in [0.05, 0.1) is 64.9 Å². The second kappa shape index (κ2) is 34.8. The molecule has 0 aliphatic heterocycles. The molecule has 70 heteroatoms. The van der Waals surface area contributed by atoms with Crippen molar-refractivity contribution < 1.29 is 292 Å². The van der Waals surface area contributed by atoms with E-state index in [9.17, 15) is 273 Å². The van der Waals surface area contributed by atoms with Crippen LogP contribution in [0.5, 0.6) is 0 Å². The molecule has 0 saturated heterocycles. The predicted octanol–water partition coefficient (Wildman–Crippen LogP) is 21.2. The molecule has 0 atom stereocenters. The Hall–Kier alpha value is -5.82. The summed E-state index contributed by atoms with van der Waals surface area (Å²) in [4.78, 5) is 24.4. The molecule has 4 amide bonds. The second-order valence-electron chi connectivity index (χ2n) is 24.4. The highest BCUT2D eigenvalue weighted by Crippen LogP contribution is 2.68. The fraction of sp³-hybridized carbons (Fsp3) is 0.960. The zero-order valence-electron chi connectivity index (χ0n) is 56.1. The highest BCUT2D eigenvalue weighted by Gasteiger charge is 2.98. The van der Waals surface area contributed by atoms with Crippen molar-refractivity contribution in [2.75, 3.05) is 65.9 Å². The van der Waals surface area contributed by atoms with Crippen molar-refractivity contribution in [3.8, 4) is 0 Å². The first-order valence-corrected chi connectivity index (χ1v) is 29.8. The molecule has 0 aromatic heterocycles. The summed E-state index contributed by atoms with van der Waals surface area (Å²) in [5.41, 5.74) is 9.95. The van der Waals surface area contributed by atoms with Crippen LogP contribution in [0.3, 0.4) is 0 Å². The van der Waals surface area contributed by atoms with Crippen LogP contribution in [0, 0.1) is 0 Å². The van der Waals surface area contributed by atoms with Crippen LogP contribution in [0.25, 0.3) is 0 Å². The lowest BCUT2D eigenvalue weighted by molar-refractivity contribution is -0.452. The molecule has 0 aliphatic carbocycles. The Morgan fingerprint density at radius 2 is 0.325 bits per heavy atom. The third-order valence-electron chi connectivity index (χ3n) is 16.0. The quantitative estimate of drug-likeness (QED) is 0.0461. The van der Waals surface area contributed by atoms with Gasteiger partial charge in [-0.1, -0.05) is 12.8 Å². The summed E-state index contributed by atoms with van der Waals surface area (Å²) in [6.07, 6.45) is -50.9. The van der Waals surface area contributed by atoms with Crippen LogP contribution in [0.1, 0.15) is 51.4 Å². The van der Waals surface area contributed by atoms with Gasteiger partial charge in [-0.15, -0.1) is 0 Å². The fourth-order valence-electron chi connectivity index (χ4n) is 8.62. The maximum atomic E-state index is 14.6. The molecule has 4 N–H and O–H groups in total. The van der Waals surface area contributed by atoms with E-state index in [1.807, 2.05) is 0 Å². The lowest BCUT2D eigenvalue weighted by Gasteiger charge is -2.41. The molecule has 10 nitrogen and oxygen atoms in total. The first-order valence-electron chi connectivity index (χ1n) is 29.8. The van der Waals surface area contributed by atoms with Crippen molar-refractivity contribution in [2.24, 2.45) is 11.5 Å². The number of urea groups is 2. The number of nitrogens with two attached hydrogens (primary N) is 2. The molecule has 0 rings (SSSR count). The molecular formula is C50H42F60N4O6. The SMILES string of the molecule is NC(=O)N(CCCCCCN(C(N)=O)C(COCCC(F)(F)C(F)(F)C(F)(F)C(F)(F)C(F)(F)C(F)(F)C(F)(F)F)COCCC(F)(F)C(F)(F)C(F)(F)C(F)(F)C(F)(F)C(F)(F)C(F)(F)F)C(COCCC(F)(F)C(F)(F)C(F)(F)C(F)(F)C(F)(F)C(F)(F)C(F)(F)F)COCCC(F)(F)C(F)(F)C(F)(F)C(F)(F)C(F)(F)C(F)(F)C(F)(F)F. The van der Waals surface area contributed by atoms with Crippen molar-refractivity contribution in [3.63, 3.8) is 0 Å². The molecule has 0 heterocycles. The van der Waals surface area contributed by atoms with E-state index in [0.717, 1.165) is 0 Å². The van der Waals surface area contributed by atoms with E-state index in [4.69, 9.17) is 11.5 Å². The first kappa shape index (κ1) is 114. The monoisotopic (exact) mass is 1930 g/mol. The Balaban J connectivity index is 7.74. The molecule has 0 aromatic rings. The van der Waals surface area contributed by atoms with Crippen LogP contribution in [-0.4, -0.2) is 267 Å². The van der Waals surface area contributed by atoms with Crippen LogP contribution >= 0.6 is 0 Å². The second-order valence-corrected chi connectivity index (χ2v) is 24.4. The Bertz CT molecular complexity index is 2940. The largest absolute Gasteiger partial charge is 0.460 e. The minimum Gasteiger partial charge on any atom is -0.379 e. The van der Waals surface area contributed by atoms with Gasteiger partial charge in [-0.2, -0.15) is 263 Å². The summed E-state index contributed by atoms with van der Waals surface area (Å²) < 4.78 is 841. The van der Waals surface area contributed by atoms with Crippen molar-refractivity contribution in [3.05, 3.63) is 0 Å². The van der Waals surface area contributed by atoms with Gasteiger partial charge in [-0.3, -0.25) is 0 Å². The minimum atomic E-state index is -8.97. The molecule has 0 aliphatic rings. The molecule has 0 aromatic carbocycles. The van der Waals surface area contributed by atoms with E-state index < -0.39 is 308 Å². The van der Waals surface area contributed by atoms with Crippen molar-refractivity contribution in [2.45, 2.75) is 230 Å². The summed E-state index contributed by atoms with van der Waals surface area (Å²) in [5.74, 6) is -204. The normalized spacial score (nSPS) is 16.0. The maximum absolute atomic E-state index is 14.6. The predicted molar refractivity (Wildman–Crippen MR) is 263 cm³/mol. The minimum absolute atomic E-state index is 0.351. The number of rotatable bonds is 49. The van der Waals surface area contributed by atoms with E-state index >= 15 is 0 Å². The average Bonchev–Trinajstić information content (AvgIpc) is 0.717. The molecule has 718 valence electrons. The first-order chi connectivity index (χ1) is 52.0. The number of hydrogen-bond donors (Lipinski definition) is 2. The summed E-state index contributed by atoms with van der Waals surface area (Å²) in [6, 6.07) is -10.4. The topological polar surface area (TPSA) is 130 Å². The van der Waals surface area contributed by atoms with E-state index in [1.165, 1.54) is 0 Å². The molecule has 0 bridgehead atoms. The van der Waals surface area contributed by atoms with Crippen molar-refractivity contribution in [1.82, 2.24) is 9.80 Å². The molecular weight excluding hydrogens is 1890 g/mol. The maximum Gasteiger partial charge on any atom is 0.460 e. The molecule has 0 spiro atoms. The third-order valence-corrected chi connectivity index (χ3v) is 16.0. The van der Waals surface area contributed by atoms with E-state index in [0.29, 0.717) is 0 Å². The number of primary amides is 2. The van der Waals surface area contributed by atoms with Crippen LogP contribution in [0.15, 0.2) is 0 Å². The average molecular weight is 1930 g/mol. The lowest BCUT2D eigenvalue weighted by Crippen LogP contribution is -2.72. The van der Waals surface area contributed by atoms with Gasteiger partial charge in [-0.25, -0.2) is 9.59 Å². The number of alkyl halides is 60. The van der Waals surface area contributed by atoms with Gasteiger partial charge in [-0.05, 0) is 12.8 Å². The van der Waals surface area contributed by atoms with Gasteiger partial charge in [0.2, 0.25) is 0 Å². The smallest absolute Gasteiger partial charge is 0.379 e. The van der Waals surface area contributed by atoms with Crippen LogP contribution < -0.4 is 11.5 Å². The van der Waals surface area contributed by atoms with E-state index in [2.05, 4.69) is 18.9 Å². The Morgan fingerprint density at radius 3 is 0.450 bits per heavy atom. The number of amides is 4. The number of carbonyl (C=O) groups is 2. The number of carbonyl (C=O) groups excluding carboxylic acids is 2. The molecule has 0 fully saturated rings. The molecule has 0 radical (unpaired) electrons. The van der Waals surface area contributed by atoms with Crippen LogP contribution in [0.4, 0.5) is 273 Å².